The summed E-state index contributed by atoms with van der Waals surface area (Å²) >= 11 is 0. The average molecular weight is 306 g/mol. The molecular weight excluding hydrogens is 280 g/mol. The van der Waals surface area contributed by atoms with Crippen molar-refractivity contribution in [2.75, 3.05) is 26.8 Å². The van der Waals surface area contributed by atoms with Crippen LogP contribution >= 0.6 is 0 Å². The van der Waals surface area contributed by atoms with E-state index in [1.807, 2.05) is 24.0 Å². The van der Waals surface area contributed by atoms with Crippen LogP contribution in [0.3, 0.4) is 0 Å². The third-order valence-corrected chi connectivity index (χ3v) is 4.69. The van der Waals surface area contributed by atoms with Gasteiger partial charge in [-0.15, -0.1) is 0 Å². The van der Waals surface area contributed by atoms with E-state index in [9.17, 15) is 9.90 Å². The second-order valence-electron chi connectivity index (χ2n) is 6.19. The van der Waals surface area contributed by atoms with Gasteiger partial charge in [-0.25, -0.2) is 0 Å². The number of ether oxygens (including phenoxy) is 1. The molecule has 1 aromatic rings. The molecule has 2 atom stereocenters. The molecule has 0 unspecified atom stereocenters. The molecular formula is C17H26N2O3. The summed E-state index contributed by atoms with van der Waals surface area (Å²) < 4.78 is 5.07. The highest BCUT2D eigenvalue weighted by Gasteiger charge is 2.39. The van der Waals surface area contributed by atoms with E-state index in [2.05, 4.69) is 4.98 Å². The van der Waals surface area contributed by atoms with Crippen LogP contribution in [0.4, 0.5) is 0 Å². The van der Waals surface area contributed by atoms with Crippen LogP contribution in [-0.2, 0) is 16.0 Å². The maximum Gasteiger partial charge on any atom is 0.222 e. The number of amides is 1. The van der Waals surface area contributed by atoms with E-state index in [1.165, 1.54) is 0 Å². The Bertz CT molecular complexity index is 480. The van der Waals surface area contributed by atoms with Crippen LogP contribution in [0.5, 0.6) is 0 Å². The lowest BCUT2D eigenvalue weighted by Crippen LogP contribution is -2.52. The first kappa shape index (κ1) is 16.9. The highest BCUT2D eigenvalue weighted by Crippen LogP contribution is 2.31. The van der Waals surface area contributed by atoms with Crippen LogP contribution in [0.15, 0.2) is 24.5 Å². The van der Waals surface area contributed by atoms with Crippen molar-refractivity contribution in [2.45, 2.75) is 38.2 Å². The lowest BCUT2D eigenvalue weighted by molar-refractivity contribution is -0.140. The summed E-state index contributed by atoms with van der Waals surface area (Å²) in [5.41, 5.74) is 0.419. The van der Waals surface area contributed by atoms with E-state index in [4.69, 9.17) is 4.74 Å². The molecule has 2 rings (SSSR count). The maximum absolute atomic E-state index is 12.3. The van der Waals surface area contributed by atoms with Crippen molar-refractivity contribution in [3.05, 3.63) is 30.1 Å². The minimum absolute atomic E-state index is 0.0706. The zero-order valence-electron chi connectivity index (χ0n) is 13.5. The number of carbonyl (C=O) groups excluding carboxylic acids is 1. The van der Waals surface area contributed by atoms with E-state index in [0.29, 0.717) is 39.0 Å². The number of aromatic nitrogens is 1. The highest BCUT2D eigenvalue weighted by molar-refractivity contribution is 5.76. The number of aryl methyl sites for hydroxylation is 1. The van der Waals surface area contributed by atoms with Gasteiger partial charge in [0, 0.05) is 51.5 Å². The average Bonchev–Trinajstić information content (AvgIpc) is 2.54. The Balaban J connectivity index is 1.83. The van der Waals surface area contributed by atoms with Crippen molar-refractivity contribution in [3.63, 3.8) is 0 Å². The van der Waals surface area contributed by atoms with Gasteiger partial charge in [0.15, 0.2) is 0 Å². The predicted molar refractivity (Wildman–Crippen MR) is 84.4 cm³/mol. The lowest BCUT2D eigenvalue weighted by Gasteiger charge is -2.43. The lowest BCUT2D eigenvalue weighted by atomic mass is 9.80. The number of piperidine rings is 1. The van der Waals surface area contributed by atoms with Crippen LogP contribution in [0, 0.1) is 5.92 Å². The summed E-state index contributed by atoms with van der Waals surface area (Å²) in [4.78, 5) is 18.2. The molecule has 1 aromatic heterocycles. The van der Waals surface area contributed by atoms with E-state index in [-0.39, 0.29) is 11.8 Å². The number of nitrogens with zero attached hydrogens (tertiary/aromatic N) is 2. The third-order valence-electron chi connectivity index (χ3n) is 4.69. The number of likely N-dealkylation sites (tertiary alicyclic amines) is 1. The molecule has 0 aliphatic carbocycles. The molecule has 0 bridgehead atoms. The standard InChI is InChI=1S/C17H26N2O3/c1-14-13-19(11-7-17(14,21)8-12-22-2)16(20)4-3-15-5-9-18-10-6-15/h5-6,9-10,14,21H,3-4,7-8,11-13H2,1-2H3/t14-,17-/m1/s1. The molecule has 1 aliphatic rings. The fourth-order valence-electron chi connectivity index (χ4n) is 3.00. The van der Waals surface area contributed by atoms with Crippen LogP contribution in [0.2, 0.25) is 0 Å². The minimum Gasteiger partial charge on any atom is -0.389 e. The van der Waals surface area contributed by atoms with Crippen molar-refractivity contribution >= 4 is 5.91 Å². The Morgan fingerprint density at radius 2 is 2.23 bits per heavy atom. The van der Waals surface area contributed by atoms with Crippen molar-refractivity contribution < 1.29 is 14.6 Å². The third kappa shape index (κ3) is 4.27. The van der Waals surface area contributed by atoms with E-state index < -0.39 is 5.60 Å². The van der Waals surface area contributed by atoms with Gasteiger partial charge in [-0.05, 0) is 37.0 Å². The smallest absolute Gasteiger partial charge is 0.222 e. The van der Waals surface area contributed by atoms with Crippen LogP contribution in [0.1, 0.15) is 31.7 Å². The second-order valence-corrected chi connectivity index (χ2v) is 6.19. The number of rotatable bonds is 6. The van der Waals surface area contributed by atoms with Gasteiger partial charge >= 0.3 is 0 Å². The molecule has 5 heteroatoms. The fraction of sp³-hybridized carbons (Fsp3) is 0.647. The molecule has 0 spiro atoms. The number of hydrogen-bond donors (Lipinski definition) is 1. The molecule has 1 aliphatic heterocycles. The summed E-state index contributed by atoms with van der Waals surface area (Å²) in [7, 11) is 1.64. The number of hydrogen-bond acceptors (Lipinski definition) is 4. The van der Waals surface area contributed by atoms with Crippen molar-refractivity contribution in [1.82, 2.24) is 9.88 Å². The normalized spacial score (nSPS) is 25.2. The number of methoxy groups -OCH3 is 1. The molecule has 1 fully saturated rings. The van der Waals surface area contributed by atoms with Crippen molar-refractivity contribution in [2.24, 2.45) is 5.92 Å². The fourth-order valence-corrected chi connectivity index (χ4v) is 3.00. The van der Waals surface area contributed by atoms with E-state index >= 15 is 0 Å². The molecule has 22 heavy (non-hydrogen) atoms. The number of pyridine rings is 1. The topological polar surface area (TPSA) is 62.7 Å². The highest BCUT2D eigenvalue weighted by atomic mass is 16.5. The Morgan fingerprint density at radius 1 is 1.50 bits per heavy atom. The van der Waals surface area contributed by atoms with Crippen LogP contribution < -0.4 is 0 Å². The molecule has 5 nitrogen and oxygen atoms in total. The number of aliphatic hydroxyl groups is 1. The molecule has 0 aromatic carbocycles. The zero-order chi connectivity index (χ0) is 16.0. The molecule has 1 amide bonds. The quantitative estimate of drug-likeness (QED) is 0.868. The number of carbonyl (C=O) groups is 1. The van der Waals surface area contributed by atoms with Gasteiger partial charge in [0.2, 0.25) is 5.91 Å². The van der Waals surface area contributed by atoms with Crippen LogP contribution in [0.25, 0.3) is 0 Å². The van der Waals surface area contributed by atoms with Gasteiger partial charge < -0.3 is 14.7 Å². The maximum atomic E-state index is 12.3. The van der Waals surface area contributed by atoms with E-state index in [0.717, 1.165) is 12.0 Å². The summed E-state index contributed by atoms with van der Waals surface area (Å²) in [5, 5.41) is 10.7. The van der Waals surface area contributed by atoms with Crippen LogP contribution in [-0.4, -0.2) is 53.3 Å². The first-order chi connectivity index (χ1) is 10.5. The largest absolute Gasteiger partial charge is 0.389 e. The SMILES string of the molecule is COCC[C@]1(O)CCN(C(=O)CCc2ccncc2)C[C@H]1C. The minimum atomic E-state index is -0.710. The Labute approximate surface area is 132 Å². The van der Waals surface area contributed by atoms with Gasteiger partial charge in [0.1, 0.15) is 0 Å². The van der Waals surface area contributed by atoms with Gasteiger partial charge in [0.25, 0.3) is 0 Å². The van der Waals surface area contributed by atoms with Gasteiger partial charge in [-0.2, -0.15) is 0 Å². The molecule has 2 heterocycles. The molecule has 122 valence electrons. The molecule has 1 saturated heterocycles. The first-order valence-electron chi connectivity index (χ1n) is 7.93. The van der Waals surface area contributed by atoms with Gasteiger partial charge in [0.05, 0.1) is 5.60 Å². The molecule has 0 saturated carbocycles. The first-order valence-corrected chi connectivity index (χ1v) is 7.93. The Morgan fingerprint density at radius 3 is 2.86 bits per heavy atom. The Hall–Kier alpha value is -1.46. The van der Waals surface area contributed by atoms with Gasteiger partial charge in [-0.1, -0.05) is 6.92 Å². The van der Waals surface area contributed by atoms with E-state index in [1.54, 1.807) is 19.5 Å². The summed E-state index contributed by atoms with van der Waals surface area (Å²) in [5.74, 6) is 0.235. The summed E-state index contributed by atoms with van der Waals surface area (Å²) in [6.07, 6.45) is 5.99. The predicted octanol–water partition coefficient (Wildman–Crippen LogP) is 1.65. The van der Waals surface area contributed by atoms with Gasteiger partial charge in [-0.3, -0.25) is 9.78 Å². The monoisotopic (exact) mass is 306 g/mol. The van der Waals surface area contributed by atoms with Crippen molar-refractivity contribution in [3.8, 4) is 0 Å². The second kappa shape index (κ2) is 7.70. The molecule has 1 N–H and O–H groups in total. The summed E-state index contributed by atoms with van der Waals surface area (Å²) in [6, 6.07) is 3.88. The van der Waals surface area contributed by atoms with Crippen molar-refractivity contribution in [1.29, 1.82) is 0 Å². The summed E-state index contributed by atoms with van der Waals surface area (Å²) in [6.45, 7) is 3.81. The zero-order valence-corrected chi connectivity index (χ0v) is 13.5. The molecule has 0 radical (unpaired) electrons. The Kier molecular flexibility index (Phi) is 5.91.